The van der Waals surface area contributed by atoms with E-state index in [0.29, 0.717) is 0 Å². The highest BCUT2D eigenvalue weighted by Gasteiger charge is 2.28. The fraction of sp³-hybridized carbons (Fsp3) is 0.200. The van der Waals surface area contributed by atoms with E-state index < -0.39 is 49.7 Å². The standard InChI is InChI=1S/C25H23F2N3O7S2/c1-15(24(31)28-19-6-7-19)37-25(32)16-12-20(29-38(33,34)22-8-2-17(26)3-9-22)14-21(13-16)30-39(35,36)23-10-4-18(27)5-11-23/h2-5,8-15,19,29-30H,6-7H2,1H3,(H,28,31)/t15-/m0/s1. The molecule has 0 aromatic heterocycles. The van der Waals surface area contributed by atoms with Gasteiger partial charge in [-0.3, -0.25) is 14.2 Å². The summed E-state index contributed by atoms with van der Waals surface area (Å²) in [5.41, 5.74) is -0.751. The van der Waals surface area contributed by atoms with Gasteiger partial charge in [-0.25, -0.2) is 30.4 Å². The lowest BCUT2D eigenvalue weighted by Crippen LogP contribution is -2.37. The minimum Gasteiger partial charge on any atom is -0.449 e. The molecule has 0 bridgehead atoms. The van der Waals surface area contributed by atoms with E-state index in [9.17, 15) is 35.2 Å². The molecule has 10 nitrogen and oxygen atoms in total. The molecule has 3 aromatic rings. The summed E-state index contributed by atoms with van der Waals surface area (Å²) in [6.45, 7) is 1.36. The van der Waals surface area contributed by atoms with Gasteiger partial charge in [0.2, 0.25) is 0 Å². The summed E-state index contributed by atoms with van der Waals surface area (Å²) >= 11 is 0. The first-order valence-electron chi connectivity index (χ1n) is 11.6. The van der Waals surface area contributed by atoms with Crippen LogP contribution < -0.4 is 14.8 Å². The molecular weight excluding hydrogens is 556 g/mol. The lowest BCUT2D eigenvalue weighted by atomic mass is 10.2. The van der Waals surface area contributed by atoms with Gasteiger partial charge < -0.3 is 10.1 Å². The summed E-state index contributed by atoms with van der Waals surface area (Å²) < 4.78 is 87.5. The Morgan fingerprint density at radius 1 is 0.795 bits per heavy atom. The first-order chi connectivity index (χ1) is 18.3. The van der Waals surface area contributed by atoms with E-state index in [1.165, 1.54) is 6.92 Å². The molecule has 3 N–H and O–H groups in total. The molecule has 1 aliphatic carbocycles. The van der Waals surface area contributed by atoms with Crippen LogP contribution >= 0.6 is 0 Å². The van der Waals surface area contributed by atoms with E-state index in [4.69, 9.17) is 4.74 Å². The van der Waals surface area contributed by atoms with E-state index in [1.807, 2.05) is 0 Å². The van der Waals surface area contributed by atoms with Crippen LogP contribution in [0.4, 0.5) is 20.2 Å². The van der Waals surface area contributed by atoms with Crippen molar-refractivity contribution in [2.24, 2.45) is 0 Å². The number of anilines is 2. The van der Waals surface area contributed by atoms with Gasteiger partial charge >= 0.3 is 5.97 Å². The summed E-state index contributed by atoms with van der Waals surface area (Å²) in [5, 5.41) is 2.69. The molecule has 0 spiro atoms. The Kier molecular flexibility index (Phi) is 7.88. The van der Waals surface area contributed by atoms with Crippen LogP contribution in [0.5, 0.6) is 0 Å². The number of nitrogens with one attached hydrogen (secondary N) is 3. The fourth-order valence-corrected chi connectivity index (χ4v) is 5.43. The van der Waals surface area contributed by atoms with E-state index in [-0.39, 0.29) is 32.8 Å². The van der Waals surface area contributed by atoms with Gasteiger partial charge in [0.05, 0.1) is 26.7 Å². The number of hydrogen-bond acceptors (Lipinski definition) is 7. The zero-order valence-electron chi connectivity index (χ0n) is 20.3. The van der Waals surface area contributed by atoms with Crippen LogP contribution in [0, 0.1) is 11.6 Å². The largest absolute Gasteiger partial charge is 0.449 e. The van der Waals surface area contributed by atoms with E-state index in [0.717, 1.165) is 79.6 Å². The van der Waals surface area contributed by atoms with Crippen molar-refractivity contribution in [2.45, 2.75) is 41.7 Å². The highest BCUT2D eigenvalue weighted by atomic mass is 32.2. The second kappa shape index (κ2) is 11.0. The van der Waals surface area contributed by atoms with E-state index in [1.54, 1.807) is 0 Å². The minimum absolute atomic E-state index is 0.0234. The van der Waals surface area contributed by atoms with E-state index >= 15 is 0 Å². The topological polar surface area (TPSA) is 148 Å². The number of carbonyl (C=O) groups excluding carboxylic acids is 2. The Hall–Kier alpha value is -4.04. The normalized spacial score (nSPS) is 14.2. The van der Waals surface area contributed by atoms with Crippen molar-refractivity contribution >= 4 is 43.3 Å². The van der Waals surface area contributed by atoms with Crippen LogP contribution in [-0.4, -0.2) is 40.9 Å². The first-order valence-corrected chi connectivity index (χ1v) is 14.5. The quantitative estimate of drug-likeness (QED) is 0.312. The predicted octanol–water partition coefficient (Wildman–Crippen LogP) is 3.39. The highest BCUT2D eigenvalue weighted by Crippen LogP contribution is 2.26. The van der Waals surface area contributed by atoms with Gasteiger partial charge in [-0.05, 0) is 86.5 Å². The van der Waals surface area contributed by atoms with Crippen molar-refractivity contribution in [3.8, 4) is 0 Å². The van der Waals surface area contributed by atoms with Crippen molar-refractivity contribution in [3.05, 3.63) is 83.9 Å². The molecule has 0 saturated heterocycles. The van der Waals surface area contributed by atoms with Gasteiger partial charge in [0, 0.05) is 6.04 Å². The number of benzene rings is 3. The second-order valence-electron chi connectivity index (χ2n) is 8.75. The maximum absolute atomic E-state index is 13.3. The summed E-state index contributed by atoms with van der Waals surface area (Å²) in [4.78, 5) is 24.5. The average molecular weight is 580 g/mol. The number of rotatable bonds is 10. The van der Waals surface area contributed by atoms with Crippen molar-refractivity contribution < 1.29 is 39.9 Å². The van der Waals surface area contributed by atoms with Crippen molar-refractivity contribution in [1.29, 1.82) is 0 Å². The Bertz CT molecular complexity index is 1510. The lowest BCUT2D eigenvalue weighted by Gasteiger charge is -2.16. The molecule has 1 amide bonds. The van der Waals surface area contributed by atoms with Gasteiger partial charge in [-0.15, -0.1) is 0 Å². The molecule has 0 radical (unpaired) electrons. The minimum atomic E-state index is -4.28. The molecular formula is C25H23F2N3O7S2. The maximum Gasteiger partial charge on any atom is 0.339 e. The van der Waals surface area contributed by atoms with Crippen LogP contribution in [0.1, 0.15) is 30.1 Å². The molecule has 1 aliphatic rings. The third-order valence-electron chi connectivity index (χ3n) is 5.50. The number of sulfonamides is 2. The molecule has 0 heterocycles. The van der Waals surface area contributed by atoms with Crippen LogP contribution in [0.2, 0.25) is 0 Å². The molecule has 39 heavy (non-hydrogen) atoms. The number of carbonyl (C=O) groups is 2. The number of amides is 1. The highest BCUT2D eigenvalue weighted by molar-refractivity contribution is 7.93. The zero-order chi connectivity index (χ0) is 28.4. The molecule has 14 heteroatoms. The molecule has 206 valence electrons. The molecule has 0 unspecified atom stereocenters. The van der Waals surface area contributed by atoms with Crippen molar-refractivity contribution in [3.63, 3.8) is 0 Å². The van der Waals surface area contributed by atoms with Crippen LogP contribution in [0.3, 0.4) is 0 Å². The van der Waals surface area contributed by atoms with Crippen molar-refractivity contribution in [2.75, 3.05) is 9.44 Å². The molecule has 3 aromatic carbocycles. The van der Waals surface area contributed by atoms with Crippen molar-refractivity contribution in [1.82, 2.24) is 5.32 Å². The summed E-state index contributed by atoms with van der Waals surface area (Å²) in [6, 6.07) is 11.2. The molecule has 1 saturated carbocycles. The summed E-state index contributed by atoms with van der Waals surface area (Å²) in [5.74, 6) is -2.86. The Morgan fingerprint density at radius 3 is 1.64 bits per heavy atom. The van der Waals surface area contributed by atoms with Gasteiger partial charge in [-0.1, -0.05) is 0 Å². The third kappa shape index (κ3) is 7.29. The fourth-order valence-electron chi connectivity index (χ4n) is 3.35. The zero-order valence-corrected chi connectivity index (χ0v) is 22.0. The lowest BCUT2D eigenvalue weighted by molar-refractivity contribution is -0.129. The Labute approximate surface area is 223 Å². The van der Waals surface area contributed by atoms with Gasteiger partial charge in [-0.2, -0.15) is 0 Å². The van der Waals surface area contributed by atoms with Gasteiger partial charge in [0.15, 0.2) is 6.10 Å². The third-order valence-corrected chi connectivity index (χ3v) is 8.29. The monoisotopic (exact) mass is 579 g/mol. The Morgan fingerprint density at radius 2 is 1.23 bits per heavy atom. The van der Waals surface area contributed by atoms with Gasteiger partial charge in [0.25, 0.3) is 26.0 Å². The number of esters is 1. The number of ether oxygens (including phenoxy) is 1. The summed E-state index contributed by atoms with van der Waals surface area (Å²) in [6.07, 6.45) is 0.456. The average Bonchev–Trinajstić information content (AvgIpc) is 3.67. The second-order valence-corrected chi connectivity index (χ2v) is 12.1. The van der Waals surface area contributed by atoms with E-state index in [2.05, 4.69) is 14.8 Å². The summed E-state index contributed by atoms with van der Waals surface area (Å²) in [7, 11) is -8.57. The SMILES string of the molecule is C[C@H](OC(=O)c1cc(NS(=O)(=O)c2ccc(F)cc2)cc(NS(=O)(=O)c2ccc(F)cc2)c1)C(=O)NC1CC1. The molecule has 1 fully saturated rings. The predicted molar refractivity (Wildman–Crippen MR) is 137 cm³/mol. The van der Waals surface area contributed by atoms with Crippen LogP contribution in [0.15, 0.2) is 76.5 Å². The molecule has 1 atom stereocenters. The Balaban J connectivity index is 1.65. The molecule has 0 aliphatic heterocycles. The molecule has 4 rings (SSSR count). The van der Waals surface area contributed by atoms with Crippen LogP contribution in [-0.2, 0) is 29.6 Å². The van der Waals surface area contributed by atoms with Gasteiger partial charge in [0.1, 0.15) is 11.6 Å². The maximum atomic E-state index is 13.3. The number of hydrogen-bond donors (Lipinski definition) is 3. The number of halogens is 2. The van der Waals surface area contributed by atoms with Crippen LogP contribution in [0.25, 0.3) is 0 Å². The first kappa shape index (κ1) is 28.0. The smallest absolute Gasteiger partial charge is 0.339 e.